The van der Waals surface area contributed by atoms with Crippen molar-refractivity contribution < 1.29 is 23.6 Å². The van der Waals surface area contributed by atoms with E-state index in [2.05, 4.69) is 15.1 Å². The Morgan fingerprint density at radius 2 is 1.77 bits per heavy atom. The number of rotatable bonds is 6. The third-order valence-electron chi connectivity index (χ3n) is 8.21. The number of hydrogen-bond acceptors (Lipinski definition) is 7. The van der Waals surface area contributed by atoms with Gasteiger partial charge in [-0.3, -0.25) is 29.4 Å². The van der Waals surface area contributed by atoms with Crippen LogP contribution in [0.1, 0.15) is 39.1 Å². The summed E-state index contributed by atoms with van der Waals surface area (Å²) < 4.78 is 15.5. The third-order valence-corrected chi connectivity index (χ3v) is 8.21. The van der Waals surface area contributed by atoms with Gasteiger partial charge in [0.05, 0.1) is 18.7 Å². The largest absolute Gasteiger partial charge is 0.369 e. The second kappa shape index (κ2) is 9.64. The Kier molecular flexibility index (Phi) is 6.25. The smallest absolute Gasteiger partial charge is 0.255 e. The molecular formula is C28H31FN6O4. The molecule has 0 aromatic heterocycles. The number of nitrogens with one attached hydrogen (secondary N) is 1. The van der Waals surface area contributed by atoms with Crippen molar-refractivity contribution in [3.8, 4) is 0 Å². The Balaban J connectivity index is 1.04. The number of carbonyl (C=O) groups is 4. The van der Waals surface area contributed by atoms with E-state index in [1.165, 1.54) is 0 Å². The molecule has 0 unspecified atom stereocenters. The number of primary amides is 1. The number of alkyl halides is 1. The van der Waals surface area contributed by atoms with Crippen molar-refractivity contribution in [1.82, 2.24) is 15.1 Å². The minimum Gasteiger partial charge on any atom is -0.369 e. The Hall–Kier alpha value is -3.99. The zero-order chi connectivity index (χ0) is 27.3. The summed E-state index contributed by atoms with van der Waals surface area (Å²) in [6.45, 7) is 4.00. The summed E-state index contributed by atoms with van der Waals surface area (Å²) in [5, 5.41) is 2.33. The Bertz CT molecular complexity index is 1350. The molecule has 0 spiro atoms. The van der Waals surface area contributed by atoms with Crippen molar-refractivity contribution in [2.24, 2.45) is 5.73 Å². The van der Waals surface area contributed by atoms with E-state index in [-0.39, 0.29) is 31.3 Å². The number of imide groups is 1. The van der Waals surface area contributed by atoms with Crippen LogP contribution in [0.2, 0.25) is 0 Å². The van der Waals surface area contributed by atoms with E-state index in [1.807, 2.05) is 29.2 Å². The van der Waals surface area contributed by atoms with Crippen molar-refractivity contribution in [2.45, 2.75) is 31.1 Å². The highest BCUT2D eigenvalue weighted by Gasteiger charge is 2.46. The number of carbonyl (C=O) groups excluding carboxylic acids is 4. The Labute approximate surface area is 225 Å². The van der Waals surface area contributed by atoms with Crippen LogP contribution in [0.5, 0.6) is 0 Å². The van der Waals surface area contributed by atoms with Gasteiger partial charge in [0.2, 0.25) is 11.8 Å². The van der Waals surface area contributed by atoms with Crippen molar-refractivity contribution in [1.29, 1.82) is 0 Å². The van der Waals surface area contributed by atoms with E-state index in [0.717, 1.165) is 24.3 Å². The van der Waals surface area contributed by atoms with Gasteiger partial charge < -0.3 is 20.4 Å². The molecule has 10 nitrogen and oxygen atoms in total. The first-order chi connectivity index (χ1) is 18.7. The molecule has 3 saturated heterocycles. The van der Waals surface area contributed by atoms with Gasteiger partial charge in [0, 0.05) is 62.6 Å². The van der Waals surface area contributed by atoms with Crippen LogP contribution in [-0.2, 0) is 16.1 Å². The maximum Gasteiger partial charge on any atom is 0.255 e. The average molecular weight is 535 g/mol. The highest BCUT2D eigenvalue weighted by Crippen LogP contribution is 2.34. The molecule has 6 rings (SSSR count). The first-order valence-corrected chi connectivity index (χ1v) is 13.3. The molecule has 4 aliphatic rings. The van der Waals surface area contributed by atoms with Crippen LogP contribution < -0.4 is 20.9 Å². The second-order valence-electron chi connectivity index (χ2n) is 10.9. The number of piperidine rings is 1. The maximum absolute atomic E-state index is 15.5. The fraction of sp³-hybridized carbons (Fsp3) is 0.429. The quantitative estimate of drug-likeness (QED) is 0.529. The first-order valence-electron chi connectivity index (χ1n) is 13.3. The SMILES string of the molecule is NC(=O)c1ccccc1N1CC(F)(CN2CCN(c3ccc4c(c3)CN([C@H]3CCC(=O)NC3=O)C4=O)CC2)C1. The van der Waals surface area contributed by atoms with E-state index in [4.69, 9.17) is 5.73 Å². The van der Waals surface area contributed by atoms with E-state index in [0.29, 0.717) is 49.4 Å². The maximum atomic E-state index is 15.5. The summed E-state index contributed by atoms with van der Waals surface area (Å²) >= 11 is 0. The summed E-state index contributed by atoms with van der Waals surface area (Å²) in [5.74, 6) is -1.42. The molecule has 4 heterocycles. The van der Waals surface area contributed by atoms with Gasteiger partial charge in [0.25, 0.3) is 11.8 Å². The molecule has 0 saturated carbocycles. The lowest BCUT2D eigenvalue weighted by atomic mass is 9.93. The molecule has 4 aliphatic heterocycles. The Morgan fingerprint density at radius 1 is 1.03 bits per heavy atom. The van der Waals surface area contributed by atoms with E-state index >= 15 is 4.39 Å². The fourth-order valence-electron chi connectivity index (χ4n) is 6.19. The molecule has 0 aliphatic carbocycles. The first kappa shape index (κ1) is 25.3. The highest BCUT2D eigenvalue weighted by molar-refractivity contribution is 6.05. The summed E-state index contributed by atoms with van der Waals surface area (Å²) in [6, 6.07) is 12.1. The standard InChI is InChI=1S/C28H31FN6O4/c29-28(16-34(17-28)22-4-2-1-3-21(22)25(30)37)15-32-9-11-33(12-10-32)19-5-6-20-18(13-19)14-35(27(20)39)23-7-8-24(36)31-26(23)38/h1-6,13,23H,7-12,14-17H2,(H2,30,37)(H,31,36,38)/t23-/m0/s1. The van der Waals surface area contributed by atoms with Gasteiger partial charge in [-0.25, -0.2) is 4.39 Å². The number of anilines is 2. The molecule has 2 aromatic carbocycles. The normalized spacial score (nSPS) is 22.9. The molecule has 4 amide bonds. The second-order valence-corrected chi connectivity index (χ2v) is 10.9. The molecule has 1 atom stereocenters. The van der Waals surface area contributed by atoms with Crippen LogP contribution in [0.3, 0.4) is 0 Å². The molecule has 3 N–H and O–H groups in total. The predicted molar refractivity (Wildman–Crippen MR) is 142 cm³/mol. The Morgan fingerprint density at radius 3 is 2.49 bits per heavy atom. The van der Waals surface area contributed by atoms with Gasteiger partial charge in [-0.05, 0) is 42.3 Å². The minimum absolute atomic E-state index is 0.183. The van der Waals surface area contributed by atoms with Crippen LogP contribution in [-0.4, -0.2) is 91.0 Å². The number of nitrogens with zero attached hydrogens (tertiary/aromatic N) is 4. The lowest BCUT2D eigenvalue weighted by Gasteiger charge is -2.49. The predicted octanol–water partition coefficient (Wildman–Crippen LogP) is 0.897. The lowest BCUT2D eigenvalue weighted by Crippen LogP contribution is -2.65. The number of para-hydroxylation sites is 1. The fourth-order valence-corrected chi connectivity index (χ4v) is 6.19. The number of fused-ring (bicyclic) bond motifs is 1. The molecule has 0 bridgehead atoms. The van der Waals surface area contributed by atoms with Crippen molar-refractivity contribution in [3.05, 3.63) is 59.2 Å². The molecule has 3 fully saturated rings. The van der Waals surface area contributed by atoms with Crippen molar-refractivity contribution in [2.75, 3.05) is 55.6 Å². The van der Waals surface area contributed by atoms with Gasteiger partial charge in [0.15, 0.2) is 5.67 Å². The number of nitrogens with two attached hydrogens (primary N) is 1. The lowest BCUT2D eigenvalue weighted by molar-refractivity contribution is -0.136. The van der Waals surface area contributed by atoms with E-state index in [9.17, 15) is 19.2 Å². The van der Waals surface area contributed by atoms with Crippen LogP contribution >= 0.6 is 0 Å². The zero-order valence-electron chi connectivity index (χ0n) is 21.6. The van der Waals surface area contributed by atoms with E-state index < -0.39 is 23.5 Å². The number of amides is 4. The molecule has 204 valence electrons. The van der Waals surface area contributed by atoms with Gasteiger partial charge in [-0.15, -0.1) is 0 Å². The van der Waals surface area contributed by atoms with E-state index in [1.54, 1.807) is 23.1 Å². The highest BCUT2D eigenvalue weighted by atomic mass is 19.1. The molecular weight excluding hydrogens is 503 g/mol. The van der Waals surface area contributed by atoms with Crippen molar-refractivity contribution >= 4 is 35.0 Å². The number of hydrogen-bond donors (Lipinski definition) is 2. The average Bonchev–Trinajstić information content (AvgIpc) is 3.23. The monoisotopic (exact) mass is 534 g/mol. The van der Waals surface area contributed by atoms with Gasteiger partial charge in [-0.2, -0.15) is 0 Å². The molecule has 0 radical (unpaired) electrons. The summed E-state index contributed by atoms with van der Waals surface area (Å²) in [5.41, 5.74) is 7.68. The van der Waals surface area contributed by atoms with Crippen LogP contribution in [0, 0.1) is 0 Å². The van der Waals surface area contributed by atoms with Gasteiger partial charge >= 0.3 is 0 Å². The van der Waals surface area contributed by atoms with Crippen LogP contribution in [0.25, 0.3) is 0 Å². The number of benzene rings is 2. The summed E-state index contributed by atoms with van der Waals surface area (Å²) in [7, 11) is 0. The molecule has 39 heavy (non-hydrogen) atoms. The van der Waals surface area contributed by atoms with Crippen LogP contribution in [0.15, 0.2) is 42.5 Å². The minimum atomic E-state index is -1.35. The van der Waals surface area contributed by atoms with Crippen molar-refractivity contribution in [3.63, 3.8) is 0 Å². The van der Waals surface area contributed by atoms with Gasteiger partial charge in [0.1, 0.15) is 6.04 Å². The number of piperazine rings is 1. The third kappa shape index (κ3) is 4.71. The molecule has 2 aromatic rings. The topological polar surface area (TPSA) is 119 Å². The zero-order valence-corrected chi connectivity index (χ0v) is 21.6. The molecule has 11 heteroatoms. The summed E-state index contributed by atoms with van der Waals surface area (Å²) in [4.78, 5) is 56.3. The summed E-state index contributed by atoms with van der Waals surface area (Å²) in [6.07, 6.45) is 0.565. The van der Waals surface area contributed by atoms with Gasteiger partial charge in [-0.1, -0.05) is 12.1 Å². The number of halogens is 1. The van der Waals surface area contributed by atoms with Crippen LogP contribution in [0.4, 0.5) is 15.8 Å².